The summed E-state index contributed by atoms with van der Waals surface area (Å²) in [7, 11) is 0. The molecular formula is C18H31N7O6. The molecule has 0 aliphatic carbocycles. The van der Waals surface area contributed by atoms with E-state index in [-0.39, 0.29) is 24.8 Å². The standard InChI is InChI=1S/C18H31N7O6/c1-10(23-11(2)26)17(31)25-8-4-6-13(25)16(30)24-12(5-3-7-21-18(19)20)15(29)22-9-14(27)28/h10,12-13H,3-9H2,1-2H3,(H,22,29)(H,23,26)(H,24,30)(H,27,28)(H4,19,20,21)/t10-,12-,13-/m0/s1. The third kappa shape index (κ3) is 8.88. The summed E-state index contributed by atoms with van der Waals surface area (Å²) in [6, 6.07) is -2.61. The number of carboxylic acid groups (broad SMARTS) is 1. The second-order valence-electron chi connectivity index (χ2n) is 7.23. The molecule has 8 N–H and O–H groups in total. The van der Waals surface area contributed by atoms with Crippen LogP contribution in [0.2, 0.25) is 0 Å². The number of carboxylic acids is 1. The highest BCUT2D eigenvalue weighted by molar-refractivity contribution is 5.94. The van der Waals surface area contributed by atoms with Crippen LogP contribution in [0.3, 0.4) is 0 Å². The number of aliphatic imine (C=N–C) groups is 1. The van der Waals surface area contributed by atoms with Gasteiger partial charge >= 0.3 is 5.97 Å². The van der Waals surface area contributed by atoms with Crippen LogP contribution in [0.4, 0.5) is 0 Å². The fourth-order valence-electron chi connectivity index (χ4n) is 3.24. The SMILES string of the molecule is CC(=O)N[C@@H](C)C(=O)N1CCC[C@H]1C(=O)N[C@@H](CCCN=C(N)N)C(=O)NCC(=O)O. The molecule has 31 heavy (non-hydrogen) atoms. The van der Waals surface area contributed by atoms with Gasteiger partial charge in [0, 0.05) is 20.0 Å². The number of likely N-dealkylation sites (tertiary alicyclic amines) is 1. The molecule has 0 aromatic carbocycles. The molecule has 1 aliphatic rings. The normalized spacial score (nSPS) is 17.2. The van der Waals surface area contributed by atoms with Crippen molar-refractivity contribution in [2.24, 2.45) is 16.5 Å². The highest BCUT2D eigenvalue weighted by Crippen LogP contribution is 2.19. The molecule has 1 rings (SSSR count). The highest BCUT2D eigenvalue weighted by Gasteiger charge is 2.37. The van der Waals surface area contributed by atoms with Crippen molar-refractivity contribution in [2.75, 3.05) is 19.6 Å². The topological polar surface area (TPSA) is 209 Å². The van der Waals surface area contributed by atoms with Crippen molar-refractivity contribution in [3.8, 4) is 0 Å². The first-order valence-electron chi connectivity index (χ1n) is 9.95. The van der Waals surface area contributed by atoms with E-state index in [1.165, 1.54) is 18.7 Å². The molecule has 0 bridgehead atoms. The molecule has 1 aliphatic heterocycles. The van der Waals surface area contributed by atoms with Crippen LogP contribution in [0.5, 0.6) is 0 Å². The summed E-state index contributed by atoms with van der Waals surface area (Å²) in [5.41, 5.74) is 10.5. The lowest BCUT2D eigenvalue weighted by atomic mass is 10.1. The van der Waals surface area contributed by atoms with E-state index in [0.29, 0.717) is 25.8 Å². The van der Waals surface area contributed by atoms with Gasteiger partial charge < -0.3 is 37.4 Å². The van der Waals surface area contributed by atoms with Gasteiger partial charge in [-0.05, 0) is 32.6 Å². The average molecular weight is 441 g/mol. The number of rotatable bonds is 11. The lowest BCUT2D eigenvalue weighted by Crippen LogP contribution is -2.55. The van der Waals surface area contributed by atoms with Crippen LogP contribution in [0, 0.1) is 0 Å². The lowest BCUT2D eigenvalue weighted by Gasteiger charge is -2.28. The Morgan fingerprint density at radius 3 is 2.45 bits per heavy atom. The minimum absolute atomic E-state index is 0.107. The van der Waals surface area contributed by atoms with Crippen molar-refractivity contribution in [3.05, 3.63) is 0 Å². The molecule has 0 radical (unpaired) electrons. The van der Waals surface area contributed by atoms with Gasteiger partial charge in [0.15, 0.2) is 5.96 Å². The minimum Gasteiger partial charge on any atom is -0.480 e. The second-order valence-corrected chi connectivity index (χ2v) is 7.23. The predicted molar refractivity (Wildman–Crippen MR) is 111 cm³/mol. The third-order valence-corrected chi connectivity index (χ3v) is 4.62. The summed E-state index contributed by atoms with van der Waals surface area (Å²) >= 11 is 0. The van der Waals surface area contributed by atoms with E-state index >= 15 is 0 Å². The molecule has 0 aromatic rings. The number of hydrogen-bond acceptors (Lipinski definition) is 6. The number of amides is 4. The number of nitrogens with one attached hydrogen (secondary N) is 3. The van der Waals surface area contributed by atoms with Gasteiger partial charge in [0.1, 0.15) is 24.7 Å². The van der Waals surface area contributed by atoms with Gasteiger partial charge in [-0.3, -0.25) is 29.0 Å². The largest absolute Gasteiger partial charge is 0.480 e. The number of guanidine groups is 1. The van der Waals surface area contributed by atoms with Crippen molar-refractivity contribution in [1.82, 2.24) is 20.9 Å². The highest BCUT2D eigenvalue weighted by atomic mass is 16.4. The molecule has 13 heteroatoms. The predicted octanol–water partition coefficient (Wildman–Crippen LogP) is -2.76. The van der Waals surface area contributed by atoms with Crippen LogP contribution < -0.4 is 27.4 Å². The maximum Gasteiger partial charge on any atom is 0.322 e. The van der Waals surface area contributed by atoms with E-state index in [9.17, 15) is 24.0 Å². The van der Waals surface area contributed by atoms with Gasteiger partial charge in [-0.2, -0.15) is 0 Å². The molecule has 4 amide bonds. The molecule has 1 heterocycles. The quantitative estimate of drug-likeness (QED) is 0.112. The van der Waals surface area contributed by atoms with Crippen molar-refractivity contribution in [3.63, 3.8) is 0 Å². The van der Waals surface area contributed by atoms with Crippen LogP contribution >= 0.6 is 0 Å². The number of carbonyl (C=O) groups is 5. The third-order valence-electron chi connectivity index (χ3n) is 4.62. The smallest absolute Gasteiger partial charge is 0.322 e. The zero-order valence-electron chi connectivity index (χ0n) is 17.7. The van der Waals surface area contributed by atoms with E-state index in [2.05, 4.69) is 20.9 Å². The maximum atomic E-state index is 12.8. The van der Waals surface area contributed by atoms with E-state index < -0.39 is 48.4 Å². The Kier molecular flexibility index (Phi) is 10.2. The number of nitrogens with two attached hydrogens (primary N) is 2. The monoisotopic (exact) mass is 441 g/mol. The summed E-state index contributed by atoms with van der Waals surface area (Å²) in [6.07, 6.45) is 1.52. The van der Waals surface area contributed by atoms with Crippen LogP contribution in [-0.2, 0) is 24.0 Å². The maximum absolute atomic E-state index is 12.8. The zero-order chi connectivity index (χ0) is 23.6. The van der Waals surface area contributed by atoms with Crippen LogP contribution in [-0.4, -0.2) is 83.3 Å². The van der Waals surface area contributed by atoms with Gasteiger partial charge in [-0.25, -0.2) is 0 Å². The second kappa shape index (κ2) is 12.3. The van der Waals surface area contributed by atoms with Gasteiger partial charge in [0.2, 0.25) is 23.6 Å². The lowest BCUT2D eigenvalue weighted by molar-refractivity contribution is -0.142. The Labute approximate surface area is 180 Å². The average Bonchev–Trinajstić information content (AvgIpc) is 3.16. The van der Waals surface area contributed by atoms with Gasteiger partial charge in [0.05, 0.1) is 0 Å². The van der Waals surface area contributed by atoms with Crippen LogP contribution in [0.15, 0.2) is 4.99 Å². The zero-order valence-corrected chi connectivity index (χ0v) is 17.7. The molecule has 1 fully saturated rings. The van der Waals surface area contributed by atoms with E-state index in [4.69, 9.17) is 16.6 Å². The molecule has 1 saturated heterocycles. The van der Waals surface area contributed by atoms with E-state index in [0.717, 1.165) is 0 Å². The molecule has 174 valence electrons. The molecule has 0 spiro atoms. The first-order chi connectivity index (χ1) is 14.5. The van der Waals surface area contributed by atoms with Gasteiger partial charge in [-0.15, -0.1) is 0 Å². The molecule has 0 saturated carbocycles. The first kappa shape index (κ1) is 25.7. The fraction of sp³-hybridized carbons (Fsp3) is 0.667. The van der Waals surface area contributed by atoms with Gasteiger partial charge in [-0.1, -0.05) is 0 Å². The van der Waals surface area contributed by atoms with Crippen molar-refractivity contribution >= 4 is 35.6 Å². The molecule has 13 nitrogen and oxygen atoms in total. The van der Waals surface area contributed by atoms with Crippen molar-refractivity contribution in [1.29, 1.82) is 0 Å². The Bertz CT molecular complexity index is 722. The van der Waals surface area contributed by atoms with Gasteiger partial charge in [0.25, 0.3) is 0 Å². The Morgan fingerprint density at radius 1 is 1.19 bits per heavy atom. The summed E-state index contributed by atoms with van der Waals surface area (Å²) in [6.45, 7) is 2.80. The summed E-state index contributed by atoms with van der Waals surface area (Å²) in [5.74, 6) is -3.28. The van der Waals surface area contributed by atoms with E-state index in [1.54, 1.807) is 0 Å². The molecular weight excluding hydrogens is 410 g/mol. The fourth-order valence-corrected chi connectivity index (χ4v) is 3.24. The molecule has 3 atom stereocenters. The summed E-state index contributed by atoms with van der Waals surface area (Å²) in [4.78, 5) is 65.0. The minimum atomic E-state index is -1.22. The molecule has 0 unspecified atom stereocenters. The number of nitrogens with zero attached hydrogens (tertiary/aromatic N) is 2. The Balaban J connectivity index is 2.82. The summed E-state index contributed by atoms with van der Waals surface area (Å²) in [5, 5.41) is 16.1. The first-order valence-corrected chi connectivity index (χ1v) is 9.95. The number of aliphatic carboxylic acids is 1. The Morgan fingerprint density at radius 2 is 1.87 bits per heavy atom. The molecule has 0 aromatic heterocycles. The van der Waals surface area contributed by atoms with Crippen LogP contribution in [0.1, 0.15) is 39.5 Å². The van der Waals surface area contributed by atoms with E-state index in [1.807, 2.05) is 0 Å². The Hall–Kier alpha value is -3.38. The number of carbonyl (C=O) groups excluding carboxylic acids is 4. The van der Waals surface area contributed by atoms with Crippen LogP contribution in [0.25, 0.3) is 0 Å². The number of hydrogen-bond donors (Lipinski definition) is 6. The van der Waals surface area contributed by atoms with Crippen molar-refractivity contribution < 1.29 is 29.1 Å². The summed E-state index contributed by atoms with van der Waals surface area (Å²) < 4.78 is 0. The van der Waals surface area contributed by atoms with Crippen molar-refractivity contribution in [2.45, 2.75) is 57.7 Å².